The van der Waals surface area contributed by atoms with E-state index in [1.54, 1.807) is 4.90 Å². The van der Waals surface area contributed by atoms with Gasteiger partial charge in [-0.2, -0.15) is 0 Å². The zero-order valence-corrected chi connectivity index (χ0v) is 9.71. The predicted molar refractivity (Wildman–Crippen MR) is 59.5 cm³/mol. The molecule has 5 heteroatoms. The highest BCUT2D eigenvalue weighted by atomic mass is 19.1. The molecular formula is C12H14F2N2O. The molecule has 1 unspecified atom stereocenters. The third-order valence-electron chi connectivity index (χ3n) is 2.89. The van der Waals surface area contributed by atoms with Crippen molar-refractivity contribution in [3.05, 3.63) is 35.4 Å². The van der Waals surface area contributed by atoms with Gasteiger partial charge < -0.3 is 10.2 Å². The molecule has 1 aromatic carbocycles. The minimum Gasteiger partial charge on any atom is -0.329 e. The van der Waals surface area contributed by atoms with Crippen LogP contribution in [0.4, 0.5) is 13.6 Å². The fraction of sp³-hybridized carbons (Fsp3) is 0.417. The molecule has 1 aliphatic heterocycles. The average Bonchev–Trinajstić information content (AvgIpc) is 2.64. The maximum Gasteiger partial charge on any atom is 0.318 e. The van der Waals surface area contributed by atoms with Gasteiger partial charge in [0, 0.05) is 18.2 Å². The van der Waals surface area contributed by atoms with Gasteiger partial charge in [-0.25, -0.2) is 13.6 Å². The lowest BCUT2D eigenvalue weighted by molar-refractivity contribution is 0.206. The summed E-state index contributed by atoms with van der Waals surface area (Å²) in [6.45, 7) is 4.12. The van der Waals surface area contributed by atoms with Crippen molar-refractivity contribution < 1.29 is 13.6 Å². The Hall–Kier alpha value is -1.65. The van der Waals surface area contributed by atoms with Gasteiger partial charge in [0.2, 0.25) is 0 Å². The first-order chi connectivity index (χ1) is 7.99. The zero-order chi connectivity index (χ0) is 12.6. The highest BCUT2D eigenvalue weighted by Crippen LogP contribution is 2.24. The number of benzene rings is 1. The summed E-state index contributed by atoms with van der Waals surface area (Å²) in [6.07, 6.45) is 0. The van der Waals surface area contributed by atoms with Gasteiger partial charge in [-0.05, 0) is 32.0 Å². The van der Waals surface area contributed by atoms with Crippen molar-refractivity contribution in [1.29, 1.82) is 0 Å². The molecule has 1 heterocycles. The van der Waals surface area contributed by atoms with Gasteiger partial charge in [0.05, 0.1) is 6.04 Å². The highest BCUT2D eigenvalue weighted by Gasteiger charge is 2.32. The van der Waals surface area contributed by atoms with E-state index in [4.69, 9.17) is 0 Å². The van der Waals surface area contributed by atoms with Gasteiger partial charge in [-0.3, -0.25) is 0 Å². The second-order valence-electron chi connectivity index (χ2n) is 4.41. The molecule has 1 aromatic rings. The van der Waals surface area contributed by atoms with Crippen LogP contribution >= 0.6 is 0 Å². The fourth-order valence-corrected chi connectivity index (χ4v) is 1.96. The second kappa shape index (κ2) is 4.31. The van der Waals surface area contributed by atoms with Crippen molar-refractivity contribution >= 4 is 6.03 Å². The predicted octanol–water partition coefficient (Wildman–Crippen LogP) is 2.44. The molecule has 0 aromatic heterocycles. The molecule has 1 atom stereocenters. The van der Waals surface area contributed by atoms with Crippen molar-refractivity contribution in [3.63, 3.8) is 0 Å². The van der Waals surface area contributed by atoms with E-state index < -0.39 is 17.7 Å². The maximum absolute atomic E-state index is 13.5. The number of amides is 2. The Labute approximate surface area is 98.4 Å². The van der Waals surface area contributed by atoms with Crippen LogP contribution in [0.3, 0.4) is 0 Å². The summed E-state index contributed by atoms with van der Waals surface area (Å²) in [7, 11) is 0. The number of carbonyl (C=O) groups is 1. The topological polar surface area (TPSA) is 32.3 Å². The SMILES string of the molecule is CC(C)N1CC(c2cc(F)ccc2F)NC1=O. The molecule has 0 spiro atoms. The lowest BCUT2D eigenvalue weighted by atomic mass is 10.1. The highest BCUT2D eigenvalue weighted by molar-refractivity contribution is 5.77. The van der Waals surface area contributed by atoms with Gasteiger partial charge >= 0.3 is 6.03 Å². The Balaban J connectivity index is 2.25. The number of hydrogen-bond donors (Lipinski definition) is 1. The van der Waals surface area contributed by atoms with E-state index in [1.807, 2.05) is 13.8 Å². The van der Waals surface area contributed by atoms with E-state index >= 15 is 0 Å². The van der Waals surface area contributed by atoms with Crippen LogP contribution in [-0.4, -0.2) is 23.5 Å². The molecule has 0 saturated carbocycles. The molecule has 92 valence electrons. The normalized spacial score (nSPS) is 19.9. The first kappa shape index (κ1) is 11.8. The minimum atomic E-state index is -0.501. The quantitative estimate of drug-likeness (QED) is 0.846. The summed E-state index contributed by atoms with van der Waals surface area (Å²) in [5.41, 5.74) is 0.196. The third-order valence-corrected chi connectivity index (χ3v) is 2.89. The molecule has 17 heavy (non-hydrogen) atoms. The Morgan fingerprint density at radius 1 is 1.41 bits per heavy atom. The largest absolute Gasteiger partial charge is 0.329 e. The van der Waals surface area contributed by atoms with E-state index in [-0.39, 0.29) is 17.6 Å². The maximum atomic E-state index is 13.5. The van der Waals surface area contributed by atoms with E-state index in [0.29, 0.717) is 6.54 Å². The standard InChI is InChI=1S/C12H14F2N2O/c1-7(2)16-6-11(15-12(16)17)9-5-8(13)3-4-10(9)14/h3-5,7,11H,6H2,1-2H3,(H,15,17). The summed E-state index contributed by atoms with van der Waals surface area (Å²) in [5.74, 6) is -0.999. The lowest BCUT2D eigenvalue weighted by Gasteiger charge is -2.19. The van der Waals surface area contributed by atoms with Crippen LogP contribution in [0.15, 0.2) is 18.2 Å². The first-order valence-corrected chi connectivity index (χ1v) is 5.51. The van der Waals surface area contributed by atoms with Crippen LogP contribution in [0.2, 0.25) is 0 Å². The molecule has 1 saturated heterocycles. The number of carbonyl (C=O) groups excluding carboxylic acids is 1. The lowest BCUT2D eigenvalue weighted by Crippen LogP contribution is -2.33. The molecule has 1 fully saturated rings. The Morgan fingerprint density at radius 3 is 2.71 bits per heavy atom. The summed E-state index contributed by atoms with van der Waals surface area (Å²) in [5, 5.41) is 2.65. The van der Waals surface area contributed by atoms with Crippen LogP contribution in [0.25, 0.3) is 0 Å². The molecule has 0 bridgehead atoms. The number of nitrogens with one attached hydrogen (secondary N) is 1. The van der Waals surface area contributed by atoms with Crippen molar-refractivity contribution in [1.82, 2.24) is 10.2 Å². The monoisotopic (exact) mass is 240 g/mol. The molecule has 2 amide bonds. The average molecular weight is 240 g/mol. The summed E-state index contributed by atoms with van der Waals surface area (Å²) >= 11 is 0. The van der Waals surface area contributed by atoms with Crippen molar-refractivity contribution in [3.8, 4) is 0 Å². The van der Waals surface area contributed by atoms with Gasteiger partial charge in [0.15, 0.2) is 0 Å². The molecule has 3 nitrogen and oxygen atoms in total. The molecule has 1 N–H and O–H groups in total. The minimum absolute atomic E-state index is 0.0385. The van der Waals surface area contributed by atoms with Gasteiger partial charge in [0.25, 0.3) is 0 Å². The van der Waals surface area contributed by atoms with E-state index in [1.165, 1.54) is 0 Å². The van der Waals surface area contributed by atoms with Gasteiger partial charge in [-0.1, -0.05) is 0 Å². The Morgan fingerprint density at radius 2 is 2.12 bits per heavy atom. The van der Waals surface area contributed by atoms with Crippen molar-refractivity contribution in [2.24, 2.45) is 0 Å². The van der Waals surface area contributed by atoms with Crippen molar-refractivity contribution in [2.45, 2.75) is 25.9 Å². The zero-order valence-electron chi connectivity index (χ0n) is 9.71. The summed E-state index contributed by atoms with van der Waals surface area (Å²) in [4.78, 5) is 13.2. The summed E-state index contributed by atoms with van der Waals surface area (Å²) in [6, 6.07) is 2.58. The van der Waals surface area contributed by atoms with Crippen LogP contribution in [-0.2, 0) is 0 Å². The number of hydrogen-bond acceptors (Lipinski definition) is 1. The van der Waals surface area contributed by atoms with Gasteiger partial charge in [-0.15, -0.1) is 0 Å². The van der Waals surface area contributed by atoms with Crippen LogP contribution in [0.1, 0.15) is 25.5 Å². The van der Waals surface area contributed by atoms with E-state index in [9.17, 15) is 13.6 Å². The molecule has 2 rings (SSSR count). The van der Waals surface area contributed by atoms with Gasteiger partial charge in [0.1, 0.15) is 11.6 Å². The van der Waals surface area contributed by atoms with Crippen molar-refractivity contribution in [2.75, 3.05) is 6.54 Å². The number of halogens is 2. The van der Waals surface area contributed by atoms with Crippen LogP contribution in [0.5, 0.6) is 0 Å². The fourth-order valence-electron chi connectivity index (χ4n) is 1.96. The van der Waals surface area contributed by atoms with Crippen LogP contribution < -0.4 is 5.32 Å². The second-order valence-corrected chi connectivity index (χ2v) is 4.41. The number of rotatable bonds is 2. The van der Waals surface area contributed by atoms with E-state index in [0.717, 1.165) is 18.2 Å². The Kier molecular flexibility index (Phi) is 3.00. The third kappa shape index (κ3) is 2.23. The molecular weight excluding hydrogens is 226 g/mol. The molecule has 0 radical (unpaired) electrons. The summed E-state index contributed by atoms with van der Waals surface area (Å²) < 4.78 is 26.6. The smallest absolute Gasteiger partial charge is 0.318 e. The Bertz CT molecular complexity index is 448. The van der Waals surface area contributed by atoms with E-state index in [2.05, 4.69) is 5.32 Å². The molecule has 1 aliphatic rings. The number of nitrogens with zero attached hydrogens (tertiary/aromatic N) is 1. The number of urea groups is 1. The van der Waals surface area contributed by atoms with Crippen LogP contribution in [0, 0.1) is 11.6 Å². The first-order valence-electron chi connectivity index (χ1n) is 5.51. The molecule has 0 aliphatic carbocycles.